The fraction of sp³-hybridized carbons (Fsp3) is 0.462. The molecule has 1 aromatic rings. The molecule has 1 aromatic carbocycles. The minimum absolute atomic E-state index is 0. The van der Waals surface area contributed by atoms with Crippen LogP contribution in [0.1, 0.15) is 6.42 Å². The Morgan fingerprint density at radius 3 is 3.00 bits per heavy atom. The van der Waals surface area contributed by atoms with Crippen molar-refractivity contribution in [3.05, 3.63) is 28.5 Å². The number of nitrogens with zero attached hydrogens (tertiary/aromatic N) is 1. The van der Waals surface area contributed by atoms with Gasteiger partial charge in [-0.1, -0.05) is 15.9 Å². The number of rotatable bonds is 4. The monoisotopic (exact) mass is 382 g/mol. The molecule has 1 aliphatic heterocycles. The van der Waals surface area contributed by atoms with Crippen molar-refractivity contribution in [2.24, 2.45) is 0 Å². The van der Waals surface area contributed by atoms with E-state index in [4.69, 9.17) is 9.84 Å². The van der Waals surface area contributed by atoms with E-state index in [1.165, 1.54) is 11.0 Å². The second kappa shape index (κ2) is 8.41. The molecule has 21 heavy (non-hydrogen) atoms. The van der Waals surface area contributed by atoms with Crippen LogP contribution >= 0.6 is 28.3 Å². The van der Waals surface area contributed by atoms with Crippen LogP contribution in [0.2, 0.25) is 0 Å². The summed E-state index contributed by atoms with van der Waals surface area (Å²) in [7, 11) is 0. The maximum absolute atomic E-state index is 13.5. The molecular formula is C13H17BrClFN2O3. The SMILES string of the molecule is Cl.O=C(O)N1CCN[C@H](CCOc2ccc(Br)cc2F)C1. The van der Waals surface area contributed by atoms with Crippen molar-refractivity contribution in [3.8, 4) is 5.75 Å². The van der Waals surface area contributed by atoms with Crippen LogP contribution in [0, 0.1) is 5.82 Å². The maximum atomic E-state index is 13.5. The molecule has 0 radical (unpaired) electrons. The summed E-state index contributed by atoms with van der Waals surface area (Å²) in [5.41, 5.74) is 0. The van der Waals surface area contributed by atoms with Gasteiger partial charge < -0.3 is 20.1 Å². The Hall–Kier alpha value is -1.05. The van der Waals surface area contributed by atoms with Crippen molar-refractivity contribution in [2.45, 2.75) is 12.5 Å². The first-order valence-electron chi connectivity index (χ1n) is 6.35. The molecule has 5 nitrogen and oxygen atoms in total. The molecule has 8 heteroatoms. The normalized spacial score (nSPS) is 18.0. The summed E-state index contributed by atoms with van der Waals surface area (Å²) in [6.07, 6.45) is -0.282. The Balaban J connectivity index is 0.00000220. The first-order valence-corrected chi connectivity index (χ1v) is 7.14. The van der Waals surface area contributed by atoms with E-state index in [2.05, 4.69) is 21.2 Å². The van der Waals surface area contributed by atoms with Crippen molar-refractivity contribution in [1.82, 2.24) is 10.2 Å². The molecule has 1 heterocycles. The van der Waals surface area contributed by atoms with Gasteiger partial charge in [0.05, 0.1) is 6.61 Å². The van der Waals surface area contributed by atoms with E-state index < -0.39 is 11.9 Å². The van der Waals surface area contributed by atoms with Crippen molar-refractivity contribution in [2.75, 3.05) is 26.2 Å². The number of halogens is 3. The number of amides is 1. The Bertz CT molecular complexity index is 492. The average Bonchev–Trinajstić information content (AvgIpc) is 2.41. The zero-order valence-corrected chi connectivity index (χ0v) is 13.6. The molecule has 0 aromatic heterocycles. The van der Waals surface area contributed by atoms with Gasteiger partial charge in [0.25, 0.3) is 0 Å². The van der Waals surface area contributed by atoms with E-state index in [-0.39, 0.29) is 24.2 Å². The third-order valence-electron chi connectivity index (χ3n) is 3.14. The lowest BCUT2D eigenvalue weighted by Crippen LogP contribution is -2.52. The summed E-state index contributed by atoms with van der Waals surface area (Å²) < 4.78 is 19.6. The zero-order valence-electron chi connectivity index (χ0n) is 11.2. The van der Waals surface area contributed by atoms with Crippen LogP contribution in [0.4, 0.5) is 9.18 Å². The molecular weight excluding hydrogens is 367 g/mol. The van der Waals surface area contributed by atoms with Crippen LogP contribution in [0.25, 0.3) is 0 Å². The molecule has 0 spiro atoms. The molecule has 2 rings (SSSR count). The van der Waals surface area contributed by atoms with Crippen molar-refractivity contribution in [3.63, 3.8) is 0 Å². The lowest BCUT2D eigenvalue weighted by molar-refractivity contribution is 0.124. The minimum Gasteiger partial charge on any atom is -0.490 e. The molecule has 1 saturated heterocycles. The molecule has 0 aliphatic carbocycles. The highest BCUT2D eigenvalue weighted by atomic mass is 79.9. The number of nitrogens with one attached hydrogen (secondary N) is 1. The molecule has 0 bridgehead atoms. The second-order valence-corrected chi connectivity index (χ2v) is 5.51. The van der Waals surface area contributed by atoms with Crippen LogP contribution in [0.3, 0.4) is 0 Å². The topological polar surface area (TPSA) is 61.8 Å². The van der Waals surface area contributed by atoms with Crippen molar-refractivity contribution >= 4 is 34.4 Å². The van der Waals surface area contributed by atoms with Crippen LogP contribution in [-0.4, -0.2) is 48.4 Å². The van der Waals surface area contributed by atoms with Gasteiger partial charge in [-0.3, -0.25) is 0 Å². The quantitative estimate of drug-likeness (QED) is 0.839. The van der Waals surface area contributed by atoms with Gasteiger partial charge in [-0.2, -0.15) is 0 Å². The first-order chi connectivity index (χ1) is 9.56. The summed E-state index contributed by atoms with van der Waals surface area (Å²) in [4.78, 5) is 12.3. The molecule has 2 N–H and O–H groups in total. The van der Waals surface area contributed by atoms with Gasteiger partial charge in [-0.05, 0) is 24.6 Å². The standard InChI is InChI=1S/C13H16BrFN2O3.ClH/c14-9-1-2-12(11(15)7-9)20-6-3-10-8-17(13(18)19)5-4-16-10;/h1-2,7,10,16H,3-6,8H2,(H,18,19);1H/t10-;/m1./s1. The fourth-order valence-electron chi connectivity index (χ4n) is 2.10. The Morgan fingerprint density at radius 2 is 2.33 bits per heavy atom. The van der Waals surface area contributed by atoms with Gasteiger partial charge in [0.15, 0.2) is 11.6 Å². The molecule has 0 unspecified atom stereocenters. The van der Waals surface area contributed by atoms with E-state index in [1.807, 2.05) is 0 Å². The Kier molecular flexibility index (Phi) is 7.21. The molecule has 1 aliphatic rings. The van der Waals surface area contributed by atoms with Gasteiger partial charge in [0.2, 0.25) is 0 Å². The molecule has 1 amide bonds. The van der Waals surface area contributed by atoms with E-state index in [0.29, 0.717) is 37.1 Å². The molecule has 1 atom stereocenters. The number of piperazine rings is 1. The van der Waals surface area contributed by atoms with Crippen LogP contribution in [0.15, 0.2) is 22.7 Å². The fourth-order valence-corrected chi connectivity index (χ4v) is 2.43. The number of hydrogen-bond donors (Lipinski definition) is 2. The molecule has 118 valence electrons. The van der Waals surface area contributed by atoms with Crippen LogP contribution in [0.5, 0.6) is 5.75 Å². The van der Waals surface area contributed by atoms with E-state index in [0.717, 1.165) is 0 Å². The van der Waals surface area contributed by atoms with Crippen molar-refractivity contribution < 1.29 is 19.0 Å². The van der Waals surface area contributed by atoms with Gasteiger partial charge >= 0.3 is 6.09 Å². The third kappa shape index (κ3) is 5.33. The highest BCUT2D eigenvalue weighted by Gasteiger charge is 2.22. The number of carbonyl (C=O) groups is 1. The number of benzene rings is 1. The van der Waals surface area contributed by atoms with Crippen LogP contribution < -0.4 is 10.1 Å². The highest BCUT2D eigenvalue weighted by Crippen LogP contribution is 2.21. The Labute approximate surface area is 137 Å². The first kappa shape index (κ1) is 18.0. The summed E-state index contributed by atoms with van der Waals surface area (Å²) in [6, 6.07) is 4.67. The minimum atomic E-state index is -0.906. The number of ether oxygens (including phenoxy) is 1. The largest absolute Gasteiger partial charge is 0.490 e. The smallest absolute Gasteiger partial charge is 0.407 e. The molecule has 0 saturated carbocycles. The van der Waals surface area contributed by atoms with Gasteiger partial charge in [0.1, 0.15) is 0 Å². The van der Waals surface area contributed by atoms with Gasteiger partial charge in [-0.15, -0.1) is 12.4 Å². The number of hydrogen-bond acceptors (Lipinski definition) is 3. The van der Waals surface area contributed by atoms with Gasteiger partial charge in [0, 0.05) is 30.1 Å². The predicted molar refractivity (Wildman–Crippen MR) is 82.8 cm³/mol. The third-order valence-corrected chi connectivity index (χ3v) is 3.64. The van der Waals surface area contributed by atoms with Gasteiger partial charge in [-0.25, -0.2) is 9.18 Å². The zero-order chi connectivity index (χ0) is 14.5. The summed E-state index contributed by atoms with van der Waals surface area (Å²) in [6.45, 7) is 1.89. The lowest BCUT2D eigenvalue weighted by Gasteiger charge is -2.31. The van der Waals surface area contributed by atoms with E-state index in [9.17, 15) is 9.18 Å². The lowest BCUT2D eigenvalue weighted by atomic mass is 10.1. The van der Waals surface area contributed by atoms with E-state index in [1.54, 1.807) is 12.1 Å². The summed E-state index contributed by atoms with van der Waals surface area (Å²) in [5, 5.41) is 12.2. The summed E-state index contributed by atoms with van der Waals surface area (Å²) in [5.74, 6) is -0.206. The average molecular weight is 384 g/mol. The second-order valence-electron chi connectivity index (χ2n) is 4.59. The van der Waals surface area contributed by atoms with Crippen molar-refractivity contribution in [1.29, 1.82) is 0 Å². The summed E-state index contributed by atoms with van der Waals surface area (Å²) >= 11 is 3.18. The highest BCUT2D eigenvalue weighted by molar-refractivity contribution is 9.10. The van der Waals surface area contributed by atoms with Crippen LogP contribution in [-0.2, 0) is 0 Å². The predicted octanol–water partition coefficient (Wildman–Crippen LogP) is 2.73. The maximum Gasteiger partial charge on any atom is 0.407 e. The van der Waals surface area contributed by atoms with E-state index >= 15 is 0 Å². The molecule has 1 fully saturated rings. The number of carboxylic acid groups (broad SMARTS) is 1. The Morgan fingerprint density at radius 1 is 1.57 bits per heavy atom.